The van der Waals surface area contributed by atoms with Gasteiger partial charge in [-0.2, -0.15) is 0 Å². The van der Waals surface area contributed by atoms with Crippen LogP contribution in [0.1, 0.15) is 40.6 Å². The van der Waals surface area contributed by atoms with Crippen LogP contribution in [0.15, 0.2) is 18.2 Å². The molecule has 0 aliphatic carbocycles. The SMILES string of the molecule is Cc1nc2cc(N3CC(C(=O)Nc4nc(C)c(C(=O)OCC(C)C)s4)CC3=O)ccc2s1. The number of thiazole rings is 2. The van der Waals surface area contributed by atoms with Gasteiger partial charge in [0.05, 0.1) is 33.4 Å². The topological polar surface area (TPSA) is 101 Å². The Morgan fingerprint density at radius 3 is 2.78 bits per heavy atom. The predicted molar refractivity (Wildman–Crippen MR) is 125 cm³/mol. The fourth-order valence-electron chi connectivity index (χ4n) is 3.49. The van der Waals surface area contributed by atoms with Gasteiger partial charge in [0, 0.05) is 18.7 Å². The maximum atomic E-state index is 12.8. The lowest BCUT2D eigenvalue weighted by Crippen LogP contribution is -2.28. The van der Waals surface area contributed by atoms with Gasteiger partial charge in [-0.05, 0) is 38.0 Å². The number of anilines is 2. The second kappa shape index (κ2) is 8.95. The number of hydrogen-bond donors (Lipinski definition) is 1. The Bertz CT molecular complexity index is 1200. The Morgan fingerprint density at radius 1 is 1.25 bits per heavy atom. The molecular weight excluding hydrogens is 448 g/mol. The number of carbonyl (C=O) groups is 3. The molecule has 0 radical (unpaired) electrons. The molecule has 168 valence electrons. The van der Waals surface area contributed by atoms with Gasteiger partial charge in [-0.3, -0.25) is 9.59 Å². The highest BCUT2D eigenvalue weighted by atomic mass is 32.1. The molecule has 1 N–H and O–H groups in total. The number of hydrogen-bond acceptors (Lipinski definition) is 8. The zero-order valence-electron chi connectivity index (χ0n) is 18.3. The van der Waals surface area contributed by atoms with E-state index in [1.807, 2.05) is 39.0 Å². The molecule has 1 unspecified atom stereocenters. The smallest absolute Gasteiger partial charge is 0.350 e. The summed E-state index contributed by atoms with van der Waals surface area (Å²) in [4.78, 5) is 48.4. The summed E-state index contributed by atoms with van der Waals surface area (Å²) in [5.74, 6) is -1.11. The van der Waals surface area contributed by atoms with Crippen molar-refractivity contribution in [3.8, 4) is 0 Å². The Labute approximate surface area is 193 Å². The van der Waals surface area contributed by atoms with E-state index in [1.54, 1.807) is 23.2 Å². The molecule has 1 aliphatic heterocycles. The van der Waals surface area contributed by atoms with Crippen molar-refractivity contribution in [1.82, 2.24) is 9.97 Å². The molecule has 32 heavy (non-hydrogen) atoms. The third kappa shape index (κ3) is 4.66. The lowest BCUT2D eigenvalue weighted by atomic mass is 10.1. The fraction of sp³-hybridized carbons (Fsp3) is 0.409. The van der Waals surface area contributed by atoms with Crippen molar-refractivity contribution in [2.75, 3.05) is 23.4 Å². The molecule has 8 nitrogen and oxygen atoms in total. The summed E-state index contributed by atoms with van der Waals surface area (Å²) in [7, 11) is 0. The van der Waals surface area contributed by atoms with Crippen molar-refractivity contribution < 1.29 is 19.1 Å². The van der Waals surface area contributed by atoms with Gasteiger partial charge < -0.3 is 15.0 Å². The quantitative estimate of drug-likeness (QED) is 0.540. The summed E-state index contributed by atoms with van der Waals surface area (Å²) in [6.45, 7) is 8.18. The van der Waals surface area contributed by atoms with Crippen molar-refractivity contribution >= 4 is 61.5 Å². The molecule has 1 fully saturated rings. The molecule has 1 atom stereocenters. The van der Waals surface area contributed by atoms with Crippen LogP contribution in [-0.2, 0) is 14.3 Å². The monoisotopic (exact) mass is 472 g/mol. The zero-order chi connectivity index (χ0) is 23.0. The highest BCUT2D eigenvalue weighted by Gasteiger charge is 2.36. The number of aryl methyl sites for hydroxylation is 2. The van der Waals surface area contributed by atoms with Gasteiger partial charge in [-0.25, -0.2) is 14.8 Å². The number of nitrogens with one attached hydrogen (secondary N) is 1. The van der Waals surface area contributed by atoms with Gasteiger partial charge in [-0.1, -0.05) is 25.2 Å². The van der Waals surface area contributed by atoms with Crippen LogP contribution in [0.5, 0.6) is 0 Å². The largest absolute Gasteiger partial charge is 0.461 e. The number of carbonyl (C=O) groups excluding carboxylic acids is 3. The van der Waals surface area contributed by atoms with E-state index in [0.29, 0.717) is 22.3 Å². The van der Waals surface area contributed by atoms with E-state index >= 15 is 0 Å². The standard InChI is InChI=1S/C22H24N4O4S2/c1-11(2)10-30-21(29)19-12(3)23-22(32-19)25-20(28)14-7-18(27)26(9-14)15-5-6-17-16(8-15)24-13(4)31-17/h5-6,8,11,14H,7,9-10H2,1-4H3,(H,23,25,28). The van der Waals surface area contributed by atoms with Gasteiger partial charge in [0.1, 0.15) is 4.88 Å². The zero-order valence-corrected chi connectivity index (χ0v) is 19.9. The van der Waals surface area contributed by atoms with Gasteiger partial charge in [0.2, 0.25) is 11.8 Å². The average Bonchev–Trinajstić information content (AvgIpc) is 3.41. The van der Waals surface area contributed by atoms with Crippen LogP contribution >= 0.6 is 22.7 Å². The number of fused-ring (bicyclic) bond motifs is 1. The molecule has 4 rings (SSSR count). The number of benzene rings is 1. The molecular formula is C22H24N4O4S2. The number of aromatic nitrogens is 2. The molecule has 2 amide bonds. The Hall–Kier alpha value is -2.85. The molecule has 0 spiro atoms. The number of esters is 1. The molecule has 2 aromatic heterocycles. The molecule has 1 aromatic carbocycles. The van der Waals surface area contributed by atoms with Crippen LogP contribution in [-0.4, -0.2) is 40.9 Å². The number of amides is 2. The highest BCUT2D eigenvalue weighted by Crippen LogP contribution is 2.31. The first-order chi connectivity index (χ1) is 15.2. The first kappa shape index (κ1) is 22.3. The second-order valence-electron chi connectivity index (χ2n) is 8.21. The molecule has 3 aromatic rings. The van der Waals surface area contributed by atoms with Crippen molar-refractivity contribution in [3.63, 3.8) is 0 Å². The van der Waals surface area contributed by atoms with Crippen molar-refractivity contribution in [2.45, 2.75) is 34.1 Å². The minimum atomic E-state index is -0.504. The molecule has 1 aliphatic rings. The van der Waals surface area contributed by atoms with Crippen LogP contribution in [0.2, 0.25) is 0 Å². The van der Waals surface area contributed by atoms with E-state index in [9.17, 15) is 14.4 Å². The third-order valence-electron chi connectivity index (χ3n) is 5.05. The summed E-state index contributed by atoms with van der Waals surface area (Å²) in [6, 6.07) is 5.72. The summed E-state index contributed by atoms with van der Waals surface area (Å²) in [5.41, 5.74) is 2.10. The van der Waals surface area contributed by atoms with Crippen LogP contribution in [0.25, 0.3) is 10.2 Å². The molecule has 10 heteroatoms. The molecule has 0 saturated carbocycles. The maximum absolute atomic E-state index is 12.8. The molecule has 0 bridgehead atoms. The number of ether oxygens (including phenoxy) is 1. The van der Waals surface area contributed by atoms with Crippen LogP contribution in [0.4, 0.5) is 10.8 Å². The van der Waals surface area contributed by atoms with Crippen molar-refractivity contribution in [2.24, 2.45) is 11.8 Å². The first-order valence-electron chi connectivity index (χ1n) is 10.3. The van der Waals surface area contributed by atoms with Crippen molar-refractivity contribution in [3.05, 3.63) is 33.8 Å². The minimum Gasteiger partial charge on any atom is -0.461 e. The second-order valence-corrected chi connectivity index (χ2v) is 10.4. The summed E-state index contributed by atoms with van der Waals surface area (Å²) < 4.78 is 6.32. The van der Waals surface area contributed by atoms with Crippen LogP contribution in [0, 0.1) is 25.7 Å². The Kier molecular flexibility index (Phi) is 6.25. The van der Waals surface area contributed by atoms with Crippen molar-refractivity contribution in [1.29, 1.82) is 0 Å². The number of rotatable bonds is 6. The van der Waals surface area contributed by atoms with Gasteiger partial charge in [0.25, 0.3) is 0 Å². The number of nitrogens with zero attached hydrogens (tertiary/aromatic N) is 3. The fourth-order valence-corrected chi connectivity index (χ4v) is 5.16. The third-order valence-corrected chi connectivity index (χ3v) is 7.05. The van der Waals surface area contributed by atoms with E-state index in [2.05, 4.69) is 15.3 Å². The predicted octanol–water partition coefficient (Wildman–Crippen LogP) is 4.17. The normalized spacial score (nSPS) is 16.2. The molecule has 3 heterocycles. The summed E-state index contributed by atoms with van der Waals surface area (Å²) in [6.07, 6.45) is 0.119. The van der Waals surface area contributed by atoms with Crippen LogP contribution in [0.3, 0.4) is 0 Å². The summed E-state index contributed by atoms with van der Waals surface area (Å²) in [5, 5.41) is 4.06. The first-order valence-corrected chi connectivity index (χ1v) is 12.0. The van der Waals surface area contributed by atoms with Crippen LogP contribution < -0.4 is 10.2 Å². The Morgan fingerprint density at radius 2 is 2.03 bits per heavy atom. The van der Waals surface area contributed by atoms with Gasteiger partial charge in [-0.15, -0.1) is 11.3 Å². The average molecular weight is 473 g/mol. The minimum absolute atomic E-state index is 0.107. The van der Waals surface area contributed by atoms with Gasteiger partial charge in [0.15, 0.2) is 5.13 Å². The van der Waals surface area contributed by atoms with E-state index in [-0.39, 0.29) is 30.7 Å². The maximum Gasteiger partial charge on any atom is 0.350 e. The lowest BCUT2D eigenvalue weighted by molar-refractivity contribution is -0.122. The van der Waals surface area contributed by atoms with Gasteiger partial charge >= 0.3 is 5.97 Å². The Balaban J connectivity index is 1.42. The lowest BCUT2D eigenvalue weighted by Gasteiger charge is -2.16. The molecule has 1 saturated heterocycles. The van der Waals surface area contributed by atoms with E-state index in [0.717, 1.165) is 32.2 Å². The van der Waals surface area contributed by atoms with E-state index in [4.69, 9.17) is 4.74 Å². The highest BCUT2D eigenvalue weighted by molar-refractivity contribution is 7.18. The van der Waals surface area contributed by atoms with E-state index in [1.165, 1.54) is 0 Å². The van der Waals surface area contributed by atoms with E-state index < -0.39 is 11.9 Å². The summed E-state index contributed by atoms with van der Waals surface area (Å²) >= 11 is 2.69.